The number of hydrogen-bond donors (Lipinski definition) is 1. The predicted molar refractivity (Wildman–Crippen MR) is 102 cm³/mol. The van der Waals surface area contributed by atoms with Crippen molar-refractivity contribution in [3.05, 3.63) is 53.9 Å². The second-order valence-electron chi connectivity index (χ2n) is 6.76. The Labute approximate surface area is 148 Å². The third kappa shape index (κ3) is 3.46. The Balaban J connectivity index is 1.43. The highest BCUT2D eigenvalue weighted by Gasteiger charge is 2.16. The molecule has 5 nitrogen and oxygen atoms in total. The van der Waals surface area contributed by atoms with Gasteiger partial charge in [0.2, 0.25) is 5.71 Å². The fourth-order valence-electron chi connectivity index (χ4n) is 3.37. The molecule has 1 fully saturated rings. The molecule has 1 aliphatic heterocycles. The van der Waals surface area contributed by atoms with Crippen LogP contribution in [0, 0.1) is 6.92 Å². The lowest BCUT2D eigenvalue weighted by atomic mass is 10.1. The standard InChI is InChI=1S/C20H24N4O/c1-15-12-17(5-6-19(15)24-10-8-23(2)9-11-24)22-14-18-13-16-4-3-7-21-20(16)25-18/h3-7,12-13,22H,8-11,14H2,1-2H3. The lowest BCUT2D eigenvalue weighted by Gasteiger charge is -2.35. The van der Waals surface area contributed by atoms with Crippen LogP contribution in [0.15, 0.2) is 47.0 Å². The Morgan fingerprint density at radius 2 is 1.96 bits per heavy atom. The molecule has 25 heavy (non-hydrogen) atoms. The average molecular weight is 336 g/mol. The zero-order valence-electron chi connectivity index (χ0n) is 14.8. The van der Waals surface area contributed by atoms with E-state index in [1.807, 2.05) is 18.2 Å². The van der Waals surface area contributed by atoms with Crippen LogP contribution in [0.3, 0.4) is 0 Å². The van der Waals surface area contributed by atoms with Crippen molar-refractivity contribution in [2.45, 2.75) is 13.5 Å². The second kappa shape index (κ2) is 6.76. The van der Waals surface area contributed by atoms with E-state index in [2.05, 4.69) is 52.3 Å². The summed E-state index contributed by atoms with van der Waals surface area (Å²) in [6, 6.07) is 12.6. The van der Waals surface area contributed by atoms with Crippen molar-refractivity contribution >= 4 is 22.5 Å². The predicted octanol–water partition coefficient (Wildman–Crippen LogP) is 3.50. The second-order valence-corrected chi connectivity index (χ2v) is 6.76. The Bertz CT molecular complexity index is 832. The van der Waals surface area contributed by atoms with Crippen LogP contribution in [0.25, 0.3) is 11.1 Å². The van der Waals surface area contributed by atoms with E-state index in [0.29, 0.717) is 12.3 Å². The van der Waals surface area contributed by atoms with Crippen LogP contribution >= 0.6 is 0 Å². The number of fused-ring (bicyclic) bond motifs is 1. The Morgan fingerprint density at radius 3 is 2.72 bits per heavy atom. The Morgan fingerprint density at radius 1 is 1.12 bits per heavy atom. The van der Waals surface area contributed by atoms with Gasteiger partial charge in [0, 0.05) is 49.1 Å². The molecule has 0 spiro atoms. The molecule has 1 aliphatic rings. The number of piperazine rings is 1. The summed E-state index contributed by atoms with van der Waals surface area (Å²) in [5.74, 6) is 0.898. The van der Waals surface area contributed by atoms with Gasteiger partial charge in [-0.2, -0.15) is 0 Å². The highest BCUT2D eigenvalue weighted by Crippen LogP contribution is 2.25. The number of anilines is 2. The molecule has 4 rings (SSSR count). The zero-order chi connectivity index (χ0) is 17.2. The maximum atomic E-state index is 5.76. The summed E-state index contributed by atoms with van der Waals surface area (Å²) in [5.41, 5.74) is 4.46. The third-order valence-corrected chi connectivity index (χ3v) is 4.85. The maximum absolute atomic E-state index is 5.76. The van der Waals surface area contributed by atoms with Gasteiger partial charge in [0.05, 0.1) is 6.54 Å². The molecule has 0 aliphatic carbocycles. The van der Waals surface area contributed by atoms with Crippen molar-refractivity contribution in [1.29, 1.82) is 0 Å². The van der Waals surface area contributed by atoms with Crippen LogP contribution in [0.5, 0.6) is 0 Å². The molecule has 0 atom stereocenters. The first kappa shape index (κ1) is 16.0. The van der Waals surface area contributed by atoms with E-state index in [9.17, 15) is 0 Å². The molecule has 0 bridgehead atoms. The number of furan rings is 1. The first-order valence-corrected chi connectivity index (χ1v) is 8.80. The van der Waals surface area contributed by atoms with Crippen LogP contribution in [-0.4, -0.2) is 43.1 Å². The van der Waals surface area contributed by atoms with E-state index in [0.717, 1.165) is 43.0 Å². The van der Waals surface area contributed by atoms with Crippen LogP contribution in [-0.2, 0) is 6.54 Å². The summed E-state index contributed by atoms with van der Waals surface area (Å²) in [5, 5.41) is 4.49. The number of benzene rings is 1. The average Bonchev–Trinajstić information content (AvgIpc) is 3.04. The van der Waals surface area contributed by atoms with Crippen LogP contribution in [0.4, 0.5) is 11.4 Å². The molecule has 0 radical (unpaired) electrons. The van der Waals surface area contributed by atoms with Gasteiger partial charge in [-0.1, -0.05) is 0 Å². The van der Waals surface area contributed by atoms with E-state index in [4.69, 9.17) is 4.42 Å². The van der Waals surface area contributed by atoms with E-state index < -0.39 is 0 Å². The van der Waals surface area contributed by atoms with E-state index >= 15 is 0 Å². The maximum Gasteiger partial charge on any atom is 0.226 e. The third-order valence-electron chi connectivity index (χ3n) is 4.85. The molecule has 3 heterocycles. The van der Waals surface area contributed by atoms with Crippen molar-refractivity contribution in [1.82, 2.24) is 9.88 Å². The largest absolute Gasteiger partial charge is 0.441 e. The number of rotatable bonds is 4. The molecule has 0 unspecified atom stereocenters. The monoisotopic (exact) mass is 336 g/mol. The summed E-state index contributed by atoms with van der Waals surface area (Å²) in [4.78, 5) is 9.09. The summed E-state index contributed by atoms with van der Waals surface area (Å²) in [6.07, 6.45) is 1.75. The molecule has 130 valence electrons. The molecule has 1 saturated heterocycles. The SMILES string of the molecule is Cc1cc(NCc2cc3cccnc3o2)ccc1N1CCN(C)CC1. The number of aryl methyl sites for hydroxylation is 1. The van der Waals surface area contributed by atoms with Crippen molar-refractivity contribution in [2.75, 3.05) is 43.4 Å². The highest BCUT2D eigenvalue weighted by molar-refractivity contribution is 5.73. The van der Waals surface area contributed by atoms with Crippen LogP contribution in [0.1, 0.15) is 11.3 Å². The van der Waals surface area contributed by atoms with Crippen molar-refractivity contribution < 1.29 is 4.42 Å². The fourth-order valence-corrected chi connectivity index (χ4v) is 3.37. The minimum Gasteiger partial charge on any atom is -0.441 e. The number of pyridine rings is 1. The number of aromatic nitrogens is 1. The van der Waals surface area contributed by atoms with Gasteiger partial charge in [0.1, 0.15) is 5.76 Å². The summed E-state index contributed by atoms with van der Waals surface area (Å²) < 4.78 is 5.76. The van der Waals surface area contributed by atoms with E-state index in [-0.39, 0.29) is 0 Å². The number of likely N-dealkylation sites (N-methyl/N-ethyl adjacent to an activating group) is 1. The molecule has 3 aromatic rings. The molecule has 1 N–H and O–H groups in total. The van der Waals surface area contributed by atoms with Gasteiger partial charge in [-0.05, 0) is 55.9 Å². The van der Waals surface area contributed by atoms with Gasteiger partial charge in [-0.15, -0.1) is 0 Å². The number of hydrogen-bond acceptors (Lipinski definition) is 5. The van der Waals surface area contributed by atoms with E-state index in [1.54, 1.807) is 6.20 Å². The lowest BCUT2D eigenvalue weighted by molar-refractivity contribution is 0.312. The zero-order valence-corrected chi connectivity index (χ0v) is 14.8. The minimum atomic E-state index is 0.656. The normalized spacial score (nSPS) is 15.7. The first-order chi connectivity index (χ1) is 12.2. The minimum absolute atomic E-state index is 0.656. The van der Waals surface area contributed by atoms with Crippen LogP contribution < -0.4 is 10.2 Å². The van der Waals surface area contributed by atoms with Gasteiger partial charge in [0.15, 0.2) is 0 Å². The van der Waals surface area contributed by atoms with Gasteiger partial charge in [-0.25, -0.2) is 4.98 Å². The molecular weight excluding hydrogens is 312 g/mol. The topological polar surface area (TPSA) is 44.5 Å². The molecule has 0 saturated carbocycles. The Hall–Kier alpha value is -2.53. The van der Waals surface area contributed by atoms with Crippen molar-refractivity contribution in [3.8, 4) is 0 Å². The molecule has 1 aromatic carbocycles. The smallest absolute Gasteiger partial charge is 0.226 e. The van der Waals surface area contributed by atoms with Gasteiger partial charge >= 0.3 is 0 Å². The first-order valence-electron chi connectivity index (χ1n) is 8.80. The number of nitrogens with one attached hydrogen (secondary N) is 1. The summed E-state index contributed by atoms with van der Waals surface area (Å²) >= 11 is 0. The molecule has 0 amide bonds. The van der Waals surface area contributed by atoms with Crippen molar-refractivity contribution in [3.63, 3.8) is 0 Å². The summed E-state index contributed by atoms with van der Waals surface area (Å²) in [6.45, 7) is 7.28. The molecule has 2 aromatic heterocycles. The van der Waals surface area contributed by atoms with Gasteiger partial charge in [-0.3, -0.25) is 0 Å². The fraction of sp³-hybridized carbons (Fsp3) is 0.350. The lowest BCUT2D eigenvalue weighted by Crippen LogP contribution is -2.44. The Kier molecular flexibility index (Phi) is 4.32. The van der Waals surface area contributed by atoms with Crippen LogP contribution in [0.2, 0.25) is 0 Å². The summed E-state index contributed by atoms with van der Waals surface area (Å²) in [7, 11) is 2.19. The van der Waals surface area contributed by atoms with Crippen molar-refractivity contribution in [2.24, 2.45) is 0 Å². The molecular formula is C20H24N4O. The molecule has 5 heteroatoms. The van der Waals surface area contributed by atoms with Gasteiger partial charge in [0.25, 0.3) is 0 Å². The van der Waals surface area contributed by atoms with Gasteiger partial charge < -0.3 is 19.5 Å². The van der Waals surface area contributed by atoms with E-state index in [1.165, 1.54) is 11.3 Å². The number of nitrogens with zero attached hydrogens (tertiary/aromatic N) is 3. The highest BCUT2D eigenvalue weighted by atomic mass is 16.3. The quantitative estimate of drug-likeness (QED) is 0.790.